The van der Waals surface area contributed by atoms with E-state index in [0.29, 0.717) is 23.1 Å². The molecule has 3 fully saturated rings. The molecule has 1 N–H and O–H groups in total. The molecule has 6 rings (SSSR count). The Morgan fingerprint density at radius 3 is 2.69 bits per heavy atom. The van der Waals surface area contributed by atoms with Crippen molar-refractivity contribution in [3.8, 4) is 0 Å². The van der Waals surface area contributed by atoms with E-state index in [1.807, 2.05) is 32.9 Å². The Balaban J connectivity index is 1.41. The quantitative estimate of drug-likeness (QED) is 0.748. The van der Waals surface area contributed by atoms with E-state index in [9.17, 15) is 9.59 Å². The highest BCUT2D eigenvalue weighted by Crippen LogP contribution is 2.35. The molecule has 170 valence electrons. The smallest absolute Gasteiger partial charge is 0.254 e. The number of pyridine rings is 1. The maximum Gasteiger partial charge on any atom is 0.254 e. The fraction of sp³-hybridized carbons (Fsp3) is 0.565. The zero-order valence-corrected chi connectivity index (χ0v) is 19.5. The lowest BCUT2D eigenvalue weighted by atomic mass is 9.82. The van der Waals surface area contributed by atoms with Gasteiger partial charge in [0.25, 0.3) is 5.91 Å². The molecule has 2 aromatic heterocycles. The number of aromatic nitrogens is 2. The Morgan fingerprint density at radius 1 is 1.28 bits per heavy atom. The fourth-order valence-electron chi connectivity index (χ4n) is 5.28. The highest BCUT2D eigenvalue weighted by Gasteiger charge is 2.46. The summed E-state index contributed by atoms with van der Waals surface area (Å²) in [6, 6.07) is 3.87. The zero-order valence-electron chi connectivity index (χ0n) is 18.8. The number of hydrogen-bond acceptors (Lipinski definition) is 5. The zero-order chi connectivity index (χ0) is 22.6. The Kier molecular flexibility index (Phi) is 5.25. The summed E-state index contributed by atoms with van der Waals surface area (Å²) in [7, 11) is 0. The van der Waals surface area contributed by atoms with Gasteiger partial charge in [-0.3, -0.25) is 9.59 Å². The molecular formula is C23H29ClN6O2. The molecule has 1 atom stereocenters. The second kappa shape index (κ2) is 7.85. The van der Waals surface area contributed by atoms with Crippen LogP contribution in [0.2, 0.25) is 5.02 Å². The van der Waals surface area contributed by atoms with E-state index in [1.165, 1.54) is 5.01 Å². The van der Waals surface area contributed by atoms with Gasteiger partial charge in [0.05, 0.1) is 27.4 Å². The minimum absolute atomic E-state index is 0.0680. The Bertz CT molecular complexity index is 1120. The Morgan fingerprint density at radius 2 is 2.03 bits per heavy atom. The molecule has 2 aromatic rings. The Labute approximate surface area is 192 Å². The lowest BCUT2D eigenvalue weighted by Gasteiger charge is -2.45. The van der Waals surface area contributed by atoms with Crippen LogP contribution < -0.4 is 5.32 Å². The van der Waals surface area contributed by atoms with Gasteiger partial charge in [-0.25, -0.2) is 9.52 Å². The van der Waals surface area contributed by atoms with E-state index in [-0.39, 0.29) is 24.4 Å². The van der Waals surface area contributed by atoms with Crippen LogP contribution in [-0.2, 0) is 16.0 Å². The van der Waals surface area contributed by atoms with Gasteiger partial charge in [-0.2, -0.15) is 10.2 Å². The molecule has 4 aliphatic rings. The number of halogens is 1. The normalized spacial score (nSPS) is 26.6. The van der Waals surface area contributed by atoms with Crippen molar-refractivity contribution in [3.05, 3.63) is 34.6 Å². The van der Waals surface area contributed by atoms with Crippen molar-refractivity contribution in [1.82, 2.24) is 24.8 Å². The van der Waals surface area contributed by atoms with Gasteiger partial charge < -0.3 is 10.2 Å². The van der Waals surface area contributed by atoms with Crippen molar-refractivity contribution >= 4 is 34.6 Å². The molecule has 6 heterocycles. The van der Waals surface area contributed by atoms with Crippen molar-refractivity contribution in [2.75, 3.05) is 26.2 Å². The number of fused-ring (bicyclic) bond motifs is 4. The molecule has 2 bridgehead atoms. The highest BCUT2D eigenvalue weighted by atomic mass is 35.5. The van der Waals surface area contributed by atoms with Crippen LogP contribution in [0.5, 0.6) is 0 Å². The maximum absolute atomic E-state index is 13.3. The van der Waals surface area contributed by atoms with Crippen molar-refractivity contribution in [3.63, 3.8) is 0 Å². The molecule has 0 radical (unpaired) electrons. The van der Waals surface area contributed by atoms with Crippen LogP contribution in [0, 0.1) is 11.3 Å². The van der Waals surface area contributed by atoms with Crippen LogP contribution in [0.15, 0.2) is 23.4 Å². The standard InChI is InChI=1S/C23H29ClN6O2/c1-4-16-20(18-6-5-15(24)11-29(18)26-16)21-23(2,3)22(32)30(27-21)13-19(31)25-17-12-28-9-7-14(17)8-10-28/h5-6,11,14,17H,4,7-10,12-13H2,1-3H3,(H,25,31). The average Bonchev–Trinajstić information content (AvgIpc) is 3.23. The van der Waals surface area contributed by atoms with Crippen LogP contribution in [0.4, 0.5) is 0 Å². The van der Waals surface area contributed by atoms with Gasteiger partial charge in [-0.15, -0.1) is 0 Å². The third-order valence-corrected chi connectivity index (χ3v) is 7.34. The number of amides is 2. The summed E-state index contributed by atoms with van der Waals surface area (Å²) in [5.41, 5.74) is 2.34. The van der Waals surface area contributed by atoms with E-state index < -0.39 is 5.41 Å². The molecule has 9 heteroatoms. The lowest BCUT2D eigenvalue weighted by Crippen LogP contribution is -2.58. The number of nitrogens with one attached hydrogen (secondary N) is 1. The van der Waals surface area contributed by atoms with Crippen molar-refractivity contribution in [2.45, 2.75) is 46.1 Å². The summed E-state index contributed by atoms with van der Waals surface area (Å²) < 4.78 is 1.74. The van der Waals surface area contributed by atoms with Gasteiger partial charge in [-0.05, 0) is 64.3 Å². The summed E-state index contributed by atoms with van der Waals surface area (Å²) >= 11 is 6.15. The molecule has 0 spiro atoms. The van der Waals surface area contributed by atoms with E-state index >= 15 is 0 Å². The van der Waals surface area contributed by atoms with Crippen molar-refractivity contribution in [2.24, 2.45) is 16.4 Å². The highest BCUT2D eigenvalue weighted by molar-refractivity contribution is 6.30. The van der Waals surface area contributed by atoms with Gasteiger partial charge >= 0.3 is 0 Å². The Hall–Kier alpha value is -2.45. The topological polar surface area (TPSA) is 82.3 Å². The summed E-state index contributed by atoms with van der Waals surface area (Å²) in [6.07, 6.45) is 4.70. The van der Waals surface area contributed by atoms with Crippen LogP contribution in [-0.4, -0.2) is 69.3 Å². The first-order valence-corrected chi connectivity index (χ1v) is 11.8. The molecule has 0 saturated carbocycles. The molecule has 1 unspecified atom stereocenters. The van der Waals surface area contributed by atoms with Crippen LogP contribution in [0.3, 0.4) is 0 Å². The first-order valence-electron chi connectivity index (χ1n) is 11.4. The number of hydrogen-bond donors (Lipinski definition) is 1. The van der Waals surface area contributed by atoms with Gasteiger partial charge in [0.2, 0.25) is 5.91 Å². The summed E-state index contributed by atoms with van der Waals surface area (Å²) in [5.74, 6) is 0.207. The van der Waals surface area contributed by atoms with Crippen molar-refractivity contribution in [1.29, 1.82) is 0 Å². The van der Waals surface area contributed by atoms with Crippen LogP contribution in [0.1, 0.15) is 44.9 Å². The summed E-state index contributed by atoms with van der Waals surface area (Å²) in [5, 5.41) is 14.4. The molecule has 2 amide bonds. The van der Waals surface area contributed by atoms with Gasteiger partial charge in [0.1, 0.15) is 6.54 Å². The molecule has 32 heavy (non-hydrogen) atoms. The fourth-order valence-corrected chi connectivity index (χ4v) is 5.44. The van der Waals surface area contributed by atoms with Crippen LogP contribution in [0.25, 0.3) is 5.52 Å². The average molecular weight is 457 g/mol. The number of nitrogens with zero attached hydrogens (tertiary/aromatic N) is 5. The largest absolute Gasteiger partial charge is 0.350 e. The van der Waals surface area contributed by atoms with Gasteiger partial charge in [0, 0.05) is 24.3 Å². The maximum atomic E-state index is 13.3. The van der Waals surface area contributed by atoms with Crippen molar-refractivity contribution < 1.29 is 9.59 Å². The number of rotatable bonds is 5. The molecule has 3 saturated heterocycles. The number of piperidine rings is 3. The van der Waals surface area contributed by atoms with Gasteiger partial charge in [-0.1, -0.05) is 18.5 Å². The number of carbonyl (C=O) groups excluding carboxylic acids is 2. The number of hydrazone groups is 1. The van der Waals surface area contributed by atoms with E-state index in [4.69, 9.17) is 11.6 Å². The first-order chi connectivity index (χ1) is 15.3. The van der Waals surface area contributed by atoms with Crippen LogP contribution >= 0.6 is 11.6 Å². The third kappa shape index (κ3) is 3.49. The molecule has 0 aliphatic carbocycles. The number of aryl methyl sites for hydroxylation is 1. The molecule has 0 aromatic carbocycles. The van der Waals surface area contributed by atoms with Gasteiger partial charge in [0.15, 0.2) is 0 Å². The lowest BCUT2D eigenvalue weighted by molar-refractivity contribution is -0.139. The molecular weight excluding hydrogens is 428 g/mol. The summed E-state index contributed by atoms with van der Waals surface area (Å²) in [6.45, 7) is 8.81. The number of carbonyl (C=O) groups is 2. The summed E-state index contributed by atoms with van der Waals surface area (Å²) in [4.78, 5) is 28.5. The SMILES string of the molecule is CCc1nn2cc(Cl)ccc2c1C1=NN(CC(=O)NC2CN3CCC2CC3)C(=O)C1(C)C. The second-order valence-corrected chi connectivity index (χ2v) is 10.0. The third-order valence-electron chi connectivity index (χ3n) is 7.12. The predicted octanol–water partition coefficient (Wildman–Crippen LogP) is 2.33. The minimum Gasteiger partial charge on any atom is -0.350 e. The predicted molar refractivity (Wildman–Crippen MR) is 123 cm³/mol. The van der Waals surface area contributed by atoms with E-state index in [0.717, 1.165) is 49.2 Å². The molecule has 4 aliphatic heterocycles. The monoisotopic (exact) mass is 456 g/mol. The van der Waals surface area contributed by atoms with E-state index in [2.05, 4.69) is 20.4 Å². The van der Waals surface area contributed by atoms with E-state index in [1.54, 1.807) is 10.7 Å². The molecule has 8 nitrogen and oxygen atoms in total. The second-order valence-electron chi connectivity index (χ2n) is 9.60. The minimum atomic E-state index is -0.858. The first kappa shape index (κ1) is 21.4.